The molecule has 1 heterocycles. The van der Waals surface area contributed by atoms with Gasteiger partial charge in [0, 0.05) is 32.5 Å². The number of hydrogen-bond acceptors (Lipinski definition) is 3. The molecular weight excluding hydrogens is 274 g/mol. The van der Waals surface area contributed by atoms with Crippen molar-refractivity contribution in [1.29, 1.82) is 0 Å². The summed E-state index contributed by atoms with van der Waals surface area (Å²) in [7, 11) is 1.85. The molecule has 0 aliphatic rings. The van der Waals surface area contributed by atoms with Gasteiger partial charge in [0.15, 0.2) is 0 Å². The van der Waals surface area contributed by atoms with Gasteiger partial charge in [0.2, 0.25) is 5.91 Å². The maximum atomic E-state index is 12.1. The molecule has 22 heavy (non-hydrogen) atoms. The second-order valence-corrected chi connectivity index (χ2v) is 5.51. The minimum absolute atomic E-state index is 0.113. The van der Waals surface area contributed by atoms with Gasteiger partial charge in [-0.1, -0.05) is 29.8 Å². The molecule has 2 aromatic rings. The summed E-state index contributed by atoms with van der Waals surface area (Å²) in [6.45, 7) is 3.86. The molecule has 0 saturated heterocycles. The van der Waals surface area contributed by atoms with Crippen LogP contribution in [0.1, 0.15) is 16.7 Å². The fourth-order valence-corrected chi connectivity index (χ4v) is 2.24. The summed E-state index contributed by atoms with van der Waals surface area (Å²) in [5.74, 6) is 0.113. The maximum absolute atomic E-state index is 12.1. The highest BCUT2D eigenvalue weighted by atomic mass is 16.2. The molecule has 0 unspecified atom stereocenters. The lowest BCUT2D eigenvalue weighted by atomic mass is 10.1. The van der Waals surface area contributed by atoms with Gasteiger partial charge in [0.05, 0.1) is 6.54 Å². The molecule has 0 aliphatic carbocycles. The number of aromatic nitrogens is 1. The van der Waals surface area contributed by atoms with Gasteiger partial charge in [0.25, 0.3) is 0 Å². The zero-order valence-electron chi connectivity index (χ0n) is 13.2. The number of aryl methyl sites for hydroxylation is 1. The van der Waals surface area contributed by atoms with Crippen LogP contribution >= 0.6 is 0 Å². The van der Waals surface area contributed by atoms with Gasteiger partial charge < -0.3 is 10.2 Å². The van der Waals surface area contributed by atoms with Crippen LogP contribution < -0.4 is 5.32 Å². The van der Waals surface area contributed by atoms with Crippen LogP contribution in [0.2, 0.25) is 0 Å². The predicted octanol–water partition coefficient (Wildman–Crippen LogP) is 2.18. The van der Waals surface area contributed by atoms with Crippen molar-refractivity contribution in [2.24, 2.45) is 0 Å². The molecule has 1 N–H and O–H groups in total. The summed E-state index contributed by atoms with van der Waals surface area (Å²) in [6.07, 6.45) is 4.41. The van der Waals surface area contributed by atoms with Crippen molar-refractivity contribution >= 4 is 5.91 Å². The Morgan fingerprint density at radius 2 is 1.95 bits per heavy atom. The van der Waals surface area contributed by atoms with Gasteiger partial charge in [-0.3, -0.25) is 9.78 Å². The van der Waals surface area contributed by atoms with E-state index in [1.54, 1.807) is 17.3 Å². The third kappa shape index (κ3) is 5.30. The second-order valence-electron chi connectivity index (χ2n) is 5.51. The van der Waals surface area contributed by atoms with Gasteiger partial charge in [-0.05, 0) is 36.6 Å². The normalized spacial score (nSPS) is 10.5. The fraction of sp³-hybridized carbons (Fsp3) is 0.333. The van der Waals surface area contributed by atoms with E-state index in [4.69, 9.17) is 0 Å². The Morgan fingerprint density at radius 1 is 1.18 bits per heavy atom. The molecular formula is C18H23N3O. The average Bonchev–Trinajstić information content (AvgIpc) is 2.53. The Kier molecular flexibility index (Phi) is 6.10. The predicted molar refractivity (Wildman–Crippen MR) is 88.5 cm³/mol. The van der Waals surface area contributed by atoms with Crippen LogP contribution in [-0.4, -0.2) is 35.9 Å². The molecule has 0 aliphatic heterocycles. The number of pyridine rings is 1. The van der Waals surface area contributed by atoms with Crippen molar-refractivity contribution in [2.75, 3.05) is 20.1 Å². The number of benzene rings is 1. The van der Waals surface area contributed by atoms with Crippen molar-refractivity contribution in [2.45, 2.75) is 19.9 Å². The fourth-order valence-electron chi connectivity index (χ4n) is 2.24. The van der Waals surface area contributed by atoms with Crippen molar-refractivity contribution in [3.8, 4) is 0 Å². The van der Waals surface area contributed by atoms with Crippen LogP contribution in [0, 0.1) is 6.92 Å². The van der Waals surface area contributed by atoms with Crippen molar-refractivity contribution in [1.82, 2.24) is 15.2 Å². The van der Waals surface area contributed by atoms with E-state index in [0.717, 1.165) is 13.0 Å². The van der Waals surface area contributed by atoms with Gasteiger partial charge in [0.1, 0.15) is 0 Å². The molecule has 1 aromatic carbocycles. The standard InChI is InChI=1S/C18H23N3O/c1-15-4-3-5-17(12-15)13-20-14-18(22)21(2)11-8-16-6-9-19-10-7-16/h3-7,9-10,12,20H,8,11,13-14H2,1-2H3. The summed E-state index contributed by atoms with van der Waals surface area (Å²) in [5.41, 5.74) is 3.63. The summed E-state index contributed by atoms with van der Waals surface area (Å²) in [4.78, 5) is 17.8. The maximum Gasteiger partial charge on any atom is 0.236 e. The highest BCUT2D eigenvalue weighted by Gasteiger charge is 2.08. The number of rotatable bonds is 7. The minimum atomic E-state index is 0.113. The number of nitrogens with zero attached hydrogens (tertiary/aromatic N) is 2. The second kappa shape index (κ2) is 8.29. The van der Waals surface area contributed by atoms with Crippen LogP contribution in [0.25, 0.3) is 0 Å². The third-order valence-electron chi connectivity index (χ3n) is 3.60. The topological polar surface area (TPSA) is 45.2 Å². The lowest BCUT2D eigenvalue weighted by Gasteiger charge is -2.17. The number of amides is 1. The minimum Gasteiger partial charge on any atom is -0.344 e. The van der Waals surface area contributed by atoms with Crippen LogP contribution in [0.3, 0.4) is 0 Å². The van der Waals surface area contributed by atoms with Crippen LogP contribution in [-0.2, 0) is 17.8 Å². The van der Waals surface area contributed by atoms with Crippen molar-refractivity contribution in [3.05, 3.63) is 65.5 Å². The van der Waals surface area contributed by atoms with E-state index in [1.807, 2.05) is 25.2 Å². The largest absolute Gasteiger partial charge is 0.344 e. The summed E-state index contributed by atoms with van der Waals surface area (Å²) >= 11 is 0. The quantitative estimate of drug-likeness (QED) is 0.852. The monoisotopic (exact) mass is 297 g/mol. The first-order chi connectivity index (χ1) is 10.6. The van der Waals surface area contributed by atoms with Gasteiger partial charge in [-0.25, -0.2) is 0 Å². The Balaban J connectivity index is 1.70. The number of hydrogen-bond donors (Lipinski definition) is 1. The molecule has 0 bridgehead atoms. The number of likely N-dealkylation sites (N-methyl/N-ethyl adjacent to an activating group) is 1. The zero-order valence-corrected chi connectivity index (χ0v) is 13.2. The van der Waals surface area contributed by atoms with Gasteiger partial charge in [-0.2, -0.15) is 0 Å². The Bertz CT molecular complexity index is 598. The van der Waals surface area contributed by atoms with Crippen LogP contribution in [0.15, 0.2) is 48.8 Å². The molecule has 0 atom stereocenters. The zero-order chi connectivity index (χ0) is 15.8. The van der Waals surface area contributed by atoms with E-state index in [2.05, 4.69) is 35.4 Å². The van der Waals surface area contributed by atoms with E-state index in [1.165, 1.54) is 16.7 Å². The Hall–Kier alpha value is -2.20. The molecule has 0 radical (unpaired) electrons. The van der Waals surface area contributed by atoms with E-state index >= 15 is 0 Å². The smallest absolute Gasteiger partial charge is 0.236 e. The van der Waals surface area contributed by atoms with Gasteiger partial charge >= 0.3 is 0 Å². The first kappa shape index (κ1) is 16.2. The molecule has 1 amide bonds. The molecule has 4 nitrogen and oxygen atoms in total. The lowest BCUT2D eigenvalue weighted by molar-refractivity contribution is -0.128. The summed E-state index contributed by atoms with van der Waals surface area (Å²) in [5, 5.41) is 3.21. The highest BCUT2D eigenvalue weighted by molar-refractivity contribution is 5.77. The van der Waals surface area contributed by atoms with E-state index in [0.29, 0.717) is 13.1 Å². The van der Waals surface area contributed by atoms with E-state index in [9.17, 15) is 4.79 Å². The Morgan fingerprint density at radius 3 is 2.68 bits per heavy atom. The number of nitrogens with one attached hydrogen (secondary N) is 1. The van der Waals surface area contributed by atoms with E-state index < -0.39 is 0 Å². The van der Waals surface area contributed by atoms with Gasteiger partial charge in [-0.15, -0.1) is 0 Å². The van der Waals surface area contributed by atoms with Crippen LogP contribution in [0.5, 0.6) is 0 Å². The summed E-state index contributed by atoms with van der Waals surface area (Å²) in [6, 6.07) is 12.3. The van der Waals surface area contributed by atoms with Crippen molar-refractivity contribution < 1.29 is 4.79 Å². The number of carbonyl (C=O) groups is 1. The van der Waals surface area contributed by atoms with Crippen molar-refractivity contribution in [3.63, 3.8) is 0 Å². The molecule has 0 saturated carbocycles. The summed E-state index contributed by atoms with van der Waals surface area (Å²) < 4.78 is 0. The molecule has 4 heteroatoms. The molecule has 2 rings (SSSR count). The SMILES string of the molecule is Cc1cccc(CNCC(=O)N(C)CCc2ccncc2)c1. The first-order valence-corrected chi connectivity index (χ1v) is 7.54. The van der Waals surface area contributed by atoms with Crippen LogP contribution in [0.4, 0.5) is 0 Å². The highest BCUT2D eigenvalue weighted by Crippen LogP contribution is 2.03. The average molecular weight is 297 g/mol. The molecule has 1 aromatic heterocycles. The lowest BCUT2D eigenvalue weighted by Crippen LogP contribution is -2.36. The Labute approximate surface area is 132 Å². The first-order valence-electron chi connectivity index (χ1n) is 7.54. The van der Waals surface area contributed by atoms with E-state index in [-0.39, 0.29) is 5.91 Å². The molecule has 0 fully saturated rings. The molecule has 0 spiro atoms. The third-order valence-corrected chi connectivity index (χ3v) is 3.60. The molecule has 116 valence electrons. The number of carbonyl (C=O) groups excluding carboxylic acids is 1.